The molecule has 0 aliphatic heterocycles. The van der Waals surface area contributed by atoms with Crippen LogP contribution in [0.3, 0.4) is 0 Å². The van der Waals surface area contributed by atoms with Crippen LogP contribution in [0.5, 0.6) is 0 Å². The summed E-state index contributed by atoms with van der Waals surface area (Å²) in [5, 5.41) is 7.72. The highest BCUT2D eigenvalue weighted by Crippen LogP contribution is 2.28. The van der Waals surface area contributed by atoms with E-state index in [2.05, 4.69) is 34.7 Å². The first kappa shape index (κ1) is 15.0. The van der Waals surface area contributed by atoms with Crippen molar-refractivity contribution in [3.8, 4) is 0 Å². The number of hydrogen-bond donors (Lipinski definition) is 2. The molecular weight excluding hydrogens is 294 g/mol. The third kappa shape index (κ3) is 3.46. The predicted molar refractivity (Wildman–Crippen MR) is 79.5 cm³/mol. The molecule has 0 bridgehead atoms. The zero-order valence-electron chi connectivity index (χ0n) is 11.0. The number of ether oxygens (including phenoxy) is 1. The van der Waals surface area contributed by atoms with Crippen LogP contribution in [0, 0.1) is 5.41 Å². The number of hydrogen-bond acceptors (Lipinski definition) is 3. The van der Waals surface area contributed by atoms with Crippen molar-refractivity contribution in [1.82, 2.24) is 0 Å². The maximum absolute atomic E-state index is 7.72. The summed E-state index contributed by atoms with van der Waals surface area (Å²) in [6.07, 6.45) is 0. The first-order valence-corrected chi connectivity index (χ1v) is 6.66. The monoisotopic (exact) mass is 313 g/mol. The highest BCUT2D eigenvalue weighted by atomic mass is 79.9. The zero-order chi connectivity index (χ0) is 13.7. The van der Waals surface area contributed by atoms with Gasteiger partial charge in [-0.3, -0.25) is 5.41 Å². The van der Waals surface area contributed by atoms with Crippen molar-refractivity contribution in [2.75, 3.05) is 25.2 Å². The van der Waals surface area contributed by atoms with Crippen molar-refractivity contribution in [3.63, 3.8) is 0 Å². The first-order valence-electron chi connectivity index (χ1n) is 5.87. The third-order valence-electron chi connectivity index (χ3n) is 2.73. The smallest absolute Gasteiger partial charge is 0.126 e. The van der Waals surface area contributed by atoms with Gasteiger partial charge >= 0.3 is 0 Å². The minimum absolute atomic E-state index is 0.0699. The van der Waals surface area contributed by atoms with Crippen molar-refractivity contribution in [1.29, 1.82) is 5.41 Å². The zero-order valence-corrected chi connectivity index (χ0v) is 12.6. The van der Waals surface area contributed by atoms with Crippen molar-refractivity contribution in [2.24, 2.45) is 5.73 Å². The summed E-state index contributed by atoms with van der Waals surface area (Å²) in [6.45, 7) is 5.63. The maximum Gasteiger partial charge on any atom is 0.126 e. The van der Waals surface area contributed by atoms with Crippen LogP contribution in [0.15, 0.2) is 22.7 Å². The average molecular weight is 314 g/mol. The molecule has 0 aliphatic carbocycles. The van der Waals surface area contributed by atoms with Gasteiger partial charge in [0, 0.05) is 29.9 Å². The second kappa shape index (κ2) is 6.75. The molecule has 0 fully saturated rings. The largest absolute Gasteiger partial charge is 0.384 e. The van der Waals surface area contributed by atoms with E-state index in [-0.39, 0.29) is 5.84 Å². The Bertz CT molecular complexity index is 421. The van der Waals surface area contributed by atoms with Crippen LogP contribution in [-0.4, -0.2) is 32.1 Å². The summed E-state index contributed by atoms with van der Waals surface area (Å²) in [4.78, 5) is 2.19. The molecular formula is C13H20BrN3O. The standard InChI is InChI=1S/C13H20BrN3O/c1-9(2)17(7-8-18-3)11-6-4-5-10(14)12(11)13(15)16/h4-6,9H,7-8H2,1-3H3,(H3,15,16). The van der Waals surface area contributed by atoms with Gasteiger partial charge in [0.25, 0.3) is 0 Å². The second-order valence-electron chi connectivity index (χ2n) is 4.33. The molecule has 100 valence electrons. The number of nitrogen functional groups attached to an aromatic ring is 1. The Morgan fingerprint density at radius 3 is 2.67 bits per heavy atom. The Hall–Kier alpha value is -1.07. The van der Waals surface area contributed by atoms with Crippen molar-refractivity contribution >= 4 is 27.5 Å². The molecule has 0 saturated heterocycles. The van der Waals surface area contributed by atoms with E-state index in [0.29, 0.717) is 12.6 Å². The quantitative estimate of drug-likeness (QED) is 0.627. The molecule has 0 aliphatic rings. The van der Waals surface area contributed by atoms with Crippen molar-refractivity contribution in [3.05, 3.63) is 28.2 Å². The van der Waals surface area contributed by atoms with Gasteiger partial charge in [0.1, 0.15) is 5.84 Å². The molecule has 0 aromatic heterocycles. The summed E-state index contributed by atoms with van der Waals surface area (Å²) in [6, 6.07) is 6.15. The molecule has 1 aromatic rings. The predicted octanol–water partition coefficient (Wildman–Crippen LogP) is 2.59. The van der Waals surface area contributed by atoms with Gasteiger partial charge in [-0.1, -0.05) is 6.07 Å². The highest BCUT2D eigenvalue weighted by molar-refractivity contribution is 9.10. The number of nitrogens with one attached hydrogen (secondary N) is 1. The van der Waals surface area contributed by atoms with Crippen LogP contribution in [0.25, 0.3) is 0 Å². The second-order valence-corrected chi connectivity index (χ2v) is 5.18. The van der Waals surface area contributed by atoms with Crippen LogP contribution < -0.4 is 10.6 Å². The van der Waals surface area contributed by atoms with Crippen LogP contribution in [0.1, 0.15) is 19.4 Å². The fourth-order valence-corrected chi connectivity index (χ4v) is 2.43. The molecule has 1 aromatic carbocycles. The number of nitrogens with zero attached hydrogens (tertiary/aromatic N) is 1. The molecule has 5 heteroatoms. The summed E-state index contributed by atoms with van der Waals surface area (Å²) in [7, 11) is 1.69. The molecule has 3 N–H and O–H groups in total. The van der Waals surface area contributed by atoms with Crippen molar-refractivity contribution < 1.29 is 4.74 Å². The van der Waals surface area contributed by atoms with E-state index in [4.69, 9.17) is 15.9 Å². The maximum atomic E-state index is 7.72. The molecule has 0 amide bonds. The lowest BCUT2D eigenvalue weighted by atomic mass is 10.1. The lowest BCUT2D eigenvalue weighted by molar-refractivity contribution is 0.204. The average Bonchev–Trinajstić information content (AvgIpc) is 2.28. The van der Waals surface area contributed by atoms with Crippen LogP contribution >= 0.6 is 15.9 Å². The lowest BCUT2D eigenvalue weighted by Crippen LogP contribution is -2.35. The molecule has 1 rings (SSSR count). The Balaban J connectivity index is 3.19. The first-order chi connectivity index (χ1) is 8.49. The molecule has 18 heavy (non-hydrogen) atoms. The van der Waals surface area contributed by atoms with E-state index < -0.39 is 0 Å². The number of amidine groups is 1. The van der Waals surface area contributed by atoms with Gasteiger partial charge in [-0.05, 0) is 41.9 Å². The molecule has 0 heterocycles. The number of nitrogens with two attached hydrogens (primary N) is 1. The highest BCUT2D eigenvalue weighted by Gasteiger charge is 2.17. The summed E-state index contributed by atoms with van der Waals surface area (Å²) < 4.78 is 5.98. The lowest BCUT2D eigenvalue weighted by Gasteiger charge is -2.30. The SMILES string of the molecule is COCCN(c1cccc(Br)c1C(=N)N)C(C)C. The molecule has 0 saturated carbocycles. The van der Waals surface area contributed by atoms with Gasteiger partial charge in [0.15, 0.2) is 0 Å². The number of anilines is 1. The number of halogens is 1. The van der Waals surface area contributed by atoms with E-state index in [9.17, 15) is 0 Å². The van der Waals surface area contributed by atoms with E-state index >= 15 is 0 Å². The van der Waals surface area contributed by atoms with Gasteiger partial charge in [-0.2, -0.15) is 0 Å². The Labute approximate surface area is 117 Å². The molecule has 0 spiro atoms. The number of benzene rings is 1. The summed E-state index contributed by atoms with van der Waals surface area (Å²) >= 11 is 3.45. The fraction of sp³-hybridized carbons (Fsp3) is 0.462. The van der Waals surface area contributed by atoms with Gasteiger partial charge < -0.3 is 15.4 Å². The Kier molecular flexibility index (Phi) is 5.62. The normalized spacial score (nSPS) is 10.7. The molecule has 0 unspecified atom stereocenters. The molecule has 0 radical (unpaired) electrons. The number of rotatable bonds is 6. The van der Waals surface area contributed by atoms with E-state index in [1.165, 1.54) is 0 Å². The minimum Gasteiger partial charge on any atom is -0.384 e. The van der Waals surface area contributed by atoms with Crippen LogP contribution in [-0.2, 0) is 4.74 Å². The van der Waals surface area contributed by atoms with Crippen LogP contribution in [0.4, 0.5) is 5.69 Å². The Morgan fingerprint density at radius 2 is 2.17 bits per heavy atom. The number of methoxy groups -OCH3 is 1. The van der Waals surface area contributed by atoms with E-state index in [0.717, 1.165) is 22.3 Å². The van der Waals surface area contributed by atoms with Gasteiger partial charge in [-0.15, -0.1) is 0 Å². The van der Waals surface area contributed by atoms with Gasteiger partial charge in [-0.25, -0.2) is 0 Å². The van der Waals surface area contributed by atoms with Gasteiger partial charge in [0.2, 0.25) is 0 Å². The van der Waals surface area contributed by atoms with Gasteiger partial charge in [0.05, 0.1) is 12.2 Å². The third-order valence-corrected chi connectivity index (χ3v) is 3.39. The van der Waals surface area contributed by atoms with E-state index in [1.807, 2.05) is 18.2 Å². The topological polar surface area (TPSA) is 62.3 Å². The van der Waals surface area contributed by atoms with Crippen molar-refractivity contribution in [2.45, 2.75) is 19.9 Å². The van der Waals surface area contributed by atoms with Crippen LogP contribution in [0.2, 0.25) is 0 Å². The summed E-state index contributed by atoms with van der Waals surface area (Å²) in [5.74, 6) is 0.0699. The minimum atomic E-state index is 0.0699. The molecule has 0 atom stereocenters. The summed E-state index contributed by atoms with van der Waals surface area (Å²) in [5.41, 5.74) is 7.38. The fourth-order valence-electron chi connectivity index (χ4n) is 1.87. The van der Waals surface area contributed by atoms with E-state index in [1.54, 1.807) is 7.11 Å². The molecule has 4 nitrogen and oxygen atoms in total. The Morgan fingerprint density at radius 1 is 1.50 bits per heavy atom.